The molecule has 0 aliphatic rings. The van der Waals surface area contributed by atoms with Crippen LogP contribution >= 0.6 is 11.6 Å². The topological polar surface area (TPSA) is 58.0 Å². The van der Waals surface area contributed by atoms with E-state index in [1.54, 1.807) is 12.3 Å². The summed E-state index contributed by atoms with van der Waals surface area (Å²) < 4.78 is 0. The molecule has 0 atom stereocenters. The molecule has 0 unspecified atom stereocenters. The predicted octanol–water partition coefficient (Wildman–Crippen LogP) is 2.41. The van der Waals surface area contributed by atoms with E-state index in [2.05, 4.69) is 15.3 Å². The minimum Gasteiger partial charge on any atom is -0.396 e. The molecule has 17 heavy (non-hydrogen) atoms. The molecule has 1 aromatic heterocycles. The third-order valence-electron chi connectivity index (χ3n) is 2.23. The Hall–Kier alpha value is -1.65. The highest BCUT2D eigenvalue weighted by Gasteiger charge is 1.98. The monoisotopic (exact) mass is 249 g/mol. The lowest BCUT2D eigenvalue weighted by Gasteiger charge is -2.05. The van der Waals surface area contributed by atoms with Crippen LogP contribution in [0.3, 0.4) is 0 Å². The second-order valence-electron chi connectivity index (χ2n) is 3.50. The van der Waals surface area contributed by atoms with Gasteiger partial charge in [0, 0.05) is 18.5 Å². The van der Waals surface area contributed by atoms with Gasteiger partial charge in [-0.25, -0.2) is 9.97 Å². The Morgan fingerprint density at radius 3 is 2.59 bits per heavy atom. The summed E-state index contributed by atoms with van der Waals surface area (Å²) >= 11 is 5.76. The molecule has 1 aromatic carbocycles. The van der Waals surface area contributed by atoms with Crippen molar-refractivity contribution in [3.63, 3.8) is 0 Å². The van der Waals surface area contributed by atoms with Gasteiger partial charge in [-0.2, -0.15) is 0 Å². The fourth-order valence-corrected chi connectivity index (χ4v) is 1.55. The van der Waals surface area contributed by atoms with Crippen molar-refractivity contribution in [2.75, 3.05) is 11.9 Å². The van der Waals surface area contributed by atoms with Gasteiger partial charge < -0.3 is 10.4 Å². The van der Waals surface area contributed by atoms with Gasteiger partial charge in [-0.05, 0) is 30.2 Å². The maximum Gasteiger partial charge on any atom is 0.228 e. The first-order valence-corrected chi connectivity index (χ1v) is 5.61. The first-order chi connectivity index (χ1) is 8.28. The highest BCUT2D eigenvalue weighted by atomic mass is 35.5. The van der Waals surface area contributed by atoms with Crippen molar-refractivity contribution in [1.29, 1.82) is 0 Å². The number of rotatable bonds is 4. The van der Waals surface area contributed by atoms with Crippen LogP contribution in [0.5, 0.6) is 0 Å². The summed E-state index contributed by atoms with van der Waals surface area (Å²) in [5, 5.41) is 12.3. The second kappa shape index (κ2) is 5.61. The SMILES string of the molecule is OCCc1ccc(Nc2nccc(Cl)n2)cc1. The number of hydrogen-bond donors (Lipinski definition) is 2. The van der Waals surface area contributed by atoms with Crippen molar-refractivity contribution >= 4 is 23.2 Å². The van der Waals surface area contributed by atoms with Crippen LogP contribution in [-0.2, 0) is 6.42 Å². The Bertz CT molecular complexity index is 487. The van der Waals surface area contributed by atoms with Crippen LogP contribution in [0.1, 0.15) is 5.56 Å². The number of aromatic nitrogens is 2. The molecule has 0 aliphatic heterocycles. The molecule has 2 aromatic rings. The van der Waals surface area contributed by atoms with Gasteiger partial charge in [-0.1, -0.05) is 23.7 Å². The predicted molar refractivity (Wildman–Crippen MR) is 67.6 cm³/mol. The average molecular weight is 250 g/mol. The van der Waals surface area contributed by atoms with E-state index in [1.807, 2.05) is 24.3 Å². The molecule has 2 N–H and O–H groups in total. The molecular formula is C12H12ClN3O. The van der Waals surface area contributed by atoms with Crippen molar-refractivity contribution in [3.8, 4) is 0 Å². The zero-order valence-electron chi connectivity index (χ0n) is 9.10. The summed E-state index contributed by atoms with van der Waals surface area (Å²) in [4.78, 5) is 8.08. The van der Waals surface area contributed by atoms with Gasteiger partial charge in [0.1, 0.15) is 5.15 Å². The Morgan fingerprint density at radius 1 is 1.18 bits per heavy atom. The van der Waals surface area contributed by atoms with Gasteiger partial charge in [0.25, 0.3) is 0 Å². The zero-order valence-corrected chi connectivity index (χ0v) is 9.85. The first-order valence-electron chi connectivity index (χ1n) is 5.23. The van der Waals surface area contributed by atoms with Crippen molar-refractivity contribution < 1.29 is 5.11 Å². The molecule has 0 bridgehead atoms. The van der Waals surface area contributed by atoms with E-state index in [0.29, 0.717) is 17.5 Å². The summed E-state index contributed by atoms with van der Waals surface area (Å²) in [6.07, 6.45) is 2.26. The first kappa shape index (κ1) is 11.8. The van der Waals surface area contributed by atoms with Gasteiger partial charge in [-0.15, -0.1) is 0 Å². The molecule has 0 saturated carbocycles. The van der Waals surface area contributed by atoms with E-state index in [9.17, 15) is 0 Å². The van der Waals surface area contributed by atoms with E-state index in [0.717, 1.165) is 11.3 Å². The lowest BCUT2D eigenvalue weighted by molar-refractivity contribution is 0.299. The minimum absolute atomic E-state index is 0.157. The number of aliphatic hydroxyl groups is 1. The lowest BCUT2D eigenvalue weighted by atomic mass is 10.1. The number of halogens is 1. The van der Waals surface area contributed by atoms with Crippen LogP contribution in [-0.4, -0.2) is 21.7 Å². The maximum atomic E-state index is 8.80. The van der Waals surface area contributed by atoms with E-state index >= 15 is 0 Å². The van der Waals surface area contributed by atoms with Crippen LogP contribution in [0.15, 0.2) is 36.5 Å². The highest BCUT2D eigenvalue weighted by Crippen LogP contribution is 2.15. The van der Waals surface area contributed by atoms with E-state index in [1.165, 1.54) is 0 Å². The number of benzene rings is 1. The molecule has 0 fully saturated rings. The van der Waals surface area contributed by atoms with E-state index in [4.69, 9.17) is 16.7 Å². The van der Waals surface area contributed by atoms with Gasteiger partial charge in [-0.3, -0.25) is 0 Å². The fourth-order valence-electron chi connectivity index (χ4n) is 1.41. The Kier molecular flexibility index (Phi) is 3.90. The van der Waals surface area contributed by atoms with E-state index in [-0.39, 0.29) is 6.61 Å². The van der Waals surface area contributed by atoms with Crippen molar-refractivity contribution in [2.45, 2.75) is 6.42 Å². The fraction of sp³-hybridized carbons (Fsp3) is 0.167. The molecule has 0 saturated heterocycles. The Labute approximate surface area is 104 Å². The normalized spacial score (nSPS) is 10.2. The van der Waals surface area contributed by atoms with Gasteiger partial charge in [0.05, 0.1) is 0 Å². The molecule has 1 heterocycles. The Balaban J connectivity index is 2.08. The quantitative estimate of drug-likeness (QED) is 0.817. The van der Waals surface area contributed by atoms with Crippen molar-refractivity contribution in [3.05, 3.63) is 47.2 Å². The Morgan fingerprint density at radius 2 is 1.94 bits per heavy atom. The average Bonchev–Trinajstić information content (AvgIpc) is 2.32. The van der Waals surface area contributed by atoms with Gasteiger partial charge in [0.2, 0.25) is 5.95 Å². The summed E-state index contributed by atoms with van der Waals surface area (Å²) in [6, 6.07) is 9.34. The smallest absolute Gasteiger partial charge is 0.228 e. The zero-order chi connectivity index (χ0) is 12.1. The number of aliphatic hydroxyl groups excluding tert-OH is 1. The van der Waals surface area contributed by atoms with E-state index < -0.39 is 0 Å². The molecule has 0 radical (unpaired) electrons. The molecule has 5 heteroatoms. The number of hydrogen-bond acceptors (Lipinski definition) is 4. The maximum absolute atomic E-state index is 8.80. The highest BCUT2D eigenvalue weighted by molar-refractivity contribution is 6.29. The molecule has 0 spiro atoms. The number of anilines is 2. The largest absolute Gasteiger partial charge is 0.396 e. The van der Waals surface area contributed by atoms with Crippen LogP contribution in [0.25, 0.3) is 0 Å². The lowest BCUT2D eigenvalue weighted by Crippen LogP contribution is -1.97. The van der Waals surface area contributed by atoms with Crippen LogP contribution < -0.4 is 5.32 Å². The summed E-state index contributed by atoms with van der Waals surface area (Å²) in [5.41, 5.74) is 1.97. The van der Waals surface area contributed by atoms with Crippen LogP contribution in [0.2, 0.25) is 5.15 Å². The van der Waals surface area contributed by atoms with Gasteiger partial charge >= 0.3 is 0 Å². The second-order valence-corrected chi connectivity index (χ2v) is 3.89. The van der Waals surface area contributed by atoms with Crippen LogP contribution in [0.4, 0.5) is 11.6 Å². The minimum atomic E-state index is 0.157. The summed E-state index contributed by atoms with van der Waals surface area (Å²) in [7, 11) is 0. The third-order valence-corrected chi connectivity index (χ3v) is 2.44. The van der Waals surface area contributed by atoms with Gasteiger partial charge in [0.15, 0.2) is 0 Å². The van der Waals surface area contributed by atoms with Crippen LogP contribution in [0, 0.1) is 0 Å². The third kappa shape index (κ3) is 3.41. The number of nitrogens with one attached hydrogen (secondary N) is 1. The van der Waals surface area contributed by atoms with Crippen molar-refractivity contribution in [1.82, 2.24) is 9.97 Å². The molecule has 2 rings (SSSR count). The molecule has 0 amide bonds. The molecule has 88 valence electrons. The summed E-state index contributed by atoms with van der Waals surface area (Å²) in [6.45, 7) is 0.157. The van der Waals surface area contributed by atoms with Crippen molar-refractivity contribution in [2.24, 2.45) is 0 Å². The molecule has 0 aliphatic carbocycles. The molecular weight excluding hydrogens is 238 g/mol. The summed E-state index contributed by atoms with van der Waals surface area (Å²) in [5.74, 6) is 0.465. The molecule has 4 nitrogen and oxygen atoms in total. The standard InChI is InChI=1S/C12H12ClN3O/c13-11-5-7-14-12(16-11)15-10-3-1-9(2-4-10)6-8-17/h1-5,7,17H,6,8H2,(H,14,15,16). The number of nitrogens with zero attached hydrogens (tertiary/aromatic N) is 2.